The highest BCUT2D eigenvalue weighted by Gasteiger charge is 2.80. The summed E-state index contributed by atoms with van der Waals surface area (Å²) in [7, 11) is -4.23. The van der Waals surface area contributed by atoms with Crippen molar-refractivity contribution < 1.29 is 144 Å². The molecular formula is C60H96O30S. The second-order valence-electron chi connectivity index (χ2n) is 28.6. The van der Waals surface area contributed by atoms with Crippen molar-refractivity contribution in [3.8, 4) is 0 Å². The van der Waals surface area contributed by atoms with Gasteiger partial charge in [0.25, 0.3) is 0 Å². The Hall–Kier alpha value is -2.33. The van der Waals surface area contributed by atoms with Crippen LogP contribution >= 0.6 is 0 Å². The van der Waals surface area contributed by atoms with Gasteiger partial charge in [-0.1, -0.05) is 53.2 Å². The zero-order valence-electron chi connectivity index (χ0n) is 52.9. The zero-order chi connectivity index (χ0) is 66.6. The molecule has 0 unspecified atom stereocenters. The van der Waals surface area contributed by atoms with Crippen LogP contribution in [-0.2, 0) is 85.8 Å². The maximum atomic E-state index is 14.8. The number of fused-ring (bicyclic) bond motifs is 4. The molecule has 3 saturated carbocycles. The minimum Gasteiger partial charge on any atom is -0.462 e. The molecule has 0 aromatic carbocycles. The predicted molar refractivity (Wildman–Crippen MR) is 304 cm³/mol. The Bertz CT molecular complexity index is 2710. The molecule has 6 saturated heterocycles. The van der Waals surface area contributed by atoms with E-state index in [-0.39, 0.29) is 30.1 Å². The molecule has 0 aromatic heterocycles. The van der Waals surface area contributed by atoms with E-state index in [1.807, 2.05) is 34.6 Å². The largest absolute Gasteiger partial charge is 0.462 e. The van der Waals surface area contributed by atoms with Gasteiger partial charge in [-0.25, -0.2) is 4.18 Å². The molecule has 91 heavy (non-hydrogen) atoms. The number of carbonyl (C=O) groups excluding carboxylic acids is 2. The first-order valence-electron chi connectivity index (χ1n) is 31.7. The molecule has 9 fully saturated rings. The summed E-state index contributed by atoms with van der Waals surface area (Å²) in [5, 5.41) is 122. The third-order valence-electron chi connectivity index (χ3n) is 22.1. The molecule has 10 aliphatic rings. The van der Waals surface area contributed by atoms with Crippen molar-refractivity contribution in [3.63, 3.8) is 0 Å². The summed E-state index contributed by atoms with van der Waals surface area (Å²) in [5.74, 6) is -1.38. The second kappa shape index (κ2) is 26.8. The van der Waals surface area contributed by atoms with Crippen LogP contribution in [0.4, 0.5) is 0 Å². The zero-order valence-corrected chi connectivity index (χ0v) is 53.7. The van der Waals surface area contributed by atoms with Gasteiger partial charge in [0.05, 0.1) is 56.1 Å². The first-order chi connectivity index (χ1) is 42.5. The van der Waals surface area contributed by atoms with Crippen LogP contribution < -0.4 is 0 Å². The molecule has 6 aliphatic heterocycles. The first kappa shape index (κ1) is 71.4. The molecule has 0 amide bonds. The lowest BCUT2D eigenvalue weighted by Gasteiger charge is -2.64. The fourth-order valence-corrected chi connectivity index (χ4v) is 18.4. The minimum atomic E-state index is -5.41. The number of rotatable bonds is 19. The highest BCUT2D eigenvalue weighted by Crippen LogP contribution is 2.77. The summed E-state index contributed by atoms with van der Waals surface area (Å²) >= 11 is 0. The Morgan fingerprint density at radius 3 is 1.95 bits per heavy atom. The average Bonchev–Trinajstić information content (AvgIpc) is 1.52. The van der Waals surface area contributed by atoms with Crippen molar-refractivity contribution in [1.82, 2.24) is 0 Å². The highest BCUT2D eigenvalue weighted by atomic mass is 32.3. The van der Waals surface area contributed by atoms with Crippen molar-refractivity contribution in [1.29, 1.82) is 0 Å². The molecule has 0 aromatic rings. The van der Waals surface area contributed by atoms with Gasteiger partial charge in [-0.15, -0.1) is 0 Å². The fraction of sp³-hybridized carbons (Fsp3) is 0.933. The molecule has 6 heterocycles. The van der Waals surface area contributed by atoms with E-state index in [9.17, 15) is 78.7 Å². The highest BCUT2D eigenvalue weighted by molar-refractivity contribution is 7.80. The minimum absolute atomic E-state index is 0.0626. The first-order valence-corrected chi connectivity index (χ1v) is 33.1. The summed E-state index contributed by atoms with van der Waals surface area (Å²) in [4.78, 5) is 27.7. The molecule has 1 spiro atoms. The van der Waals surface area contributed by atoms with Gasteiger partial charge in [-0.05, 0) is 87.4 Å². The summed E-state index contributed by atoms with van der Waals surface area (Å²) in [6.45, 7) is 14.5. The number of hydrogen-bond acceptors (Lipinski definition) is 29. The Balaban J connectivity index is 0.912. The van der Waals surface area contributed by atoms with Crippen LogP contribution in [0.1, 0.15) is 114 Å². The monoisotopic (exact) mass is 1330 g/mol. The van der Waals surface area contributed by atoms with Crippen molar-refractivity contribution in [2.45, 2.75) is 273 Å². The molecule has 4 aliphatic carbocycles. The van der Waals surface area contributed by atoms with Crippen molar-refractivity contribution in [3.05, 3.63) is 11.6 Å². The molecule has 10 rings (SSSR count). The molecule has 0 radical (unpaired) electrons. The standard InChI is InChI=1S/C60H96O30S/c1-24(2)17-27(63)18-59(9)49-33(82-26(4)62)19-58(8)29-11-12-35-56(5,6)36(14-15-57(35,7)28(29)13-16-60(49,58)55(73)89-59)84-53-48(45(32(66)23-80-53)90-91(74,75)76)88-54-47(87-50-39(69)37(67)30(64)21-78-50)40(70)43(25(3)81-54)85-51-41(71)44(31(65)22-79-51)86-52-42(72)46(77-10)38(68)34(20-61)83-52/h11,24-25,27-28,30-54,61,63-72H,12-23H2,1-10H3,(H,74,75,76)/t25-,27+,28-,30-,31-,32-,33+,34-,35-,36+,37+,38-,39-,40+,41-,42-,43-,44+,45+,46+,47-,48-,49-,50+,51+,52+,53+,54+,57-,58+,59+,60+/m1/s1. The third-order valence-corrected chi connectivity index (χ3v) is 22.5. The van der Waals surface area contributed by atoms with E-state index in [0.29, 0.717) is 44.9 Å². The Kier molecular flexibility index (Phi) is 21.1. The van der Waals surface area contributed by atoms with E-state index in [1.165, 1.54) is 21.0 Å². The van der Waals surface area contributed by atoms with Crippen molar-refractivity contribution in [2.75, 3.05) is 33.5 Å². The molecular weight excluding hydrogens is 1230 g/mol. The van der Waals surface area contributed by atoms with E-state index in [4.69, 9.17) is 65.8 Å². The van der Waals surface area contributed by atoms with Gasteiger partial charge in [-0.2, -0.15) is 8.42 Å². The smallest absolute Gasteiger partial charge is 0.397 e. The number of methoxy groups -OCH3 is 1. The number of carbonyl (C=O) groups is 2. The van der Waals surface area contributed by atoms with Gasteiger partial charge in [0.2, 0.25) is 0 Å². The number of aliphatic hydroxyl groups is 11. The molecule has 32 atom stereocenters. The number of esters is 2. The molecule has 31 heteroatoms. The Labute approximate surface area is 528 Å². The Morgan fingerprint density at radius 1 is 0.703 bits per heavy atom. The van der Waals surface area contributed by atoms with E-state index >= 15 is 0 Å². The quantitative estimate of drug-likeness (QED) is 0.0383. The second-order valence-corrected chi connectivity index (χ2v) is 29.7. The van der Waals surface area contributed by atoms with E-state index in [1.54, 1.807) is 0 Å². The SMILES string of the molecule is CO[C@@H]1[C@@H](O)[C@H](O[C@@H]2[C@@H](O)[C@H](O[C@H]3[C@H](O)[C@@H](O[C@@H]4OC[C@@H](O)[C@H](O)[C@H]4O)[C@H](O[C@H]4[C@H](O[C@H]5CC[C@]6(C)[C@@H]7CC[C@@]89C(=O)O[C@@](C)(C[C@@H](O)CC(C)C)[C@H]8[C@@H](OC(C)=O)C[C@@]9(C)C7=CC[C@@H]6C5(C)C)OC[C@@H](O)[C@@H]4OS(=O)(=O)O)O[C@@H]3C)OC[C@H]2O)O[C@H](CO)[C@H]1O. The normalized spacial score (nSPS) is 50.2. The predicted octanol–water partition coefficient (Wildman–Crippen LogP) is -1.87. The lowest BCUT2D eigenvalue weighted by atomic mass is 9.41. The van der Waals surface area contributed by atoms with Gasteiger partial charge < -0.3 is 118 Å². The van der Waals surface area contributed by atoms with Gasteiger partial charge >= 0.3 is 22.3 Å². The van der Waals surface area contributed by atoms with Crippen LogP contribution in [0.3, 0.4) is 0 Å². The van der Waals surface area contributed by atoms with Crippen LogP contribution in [-0.4, -0.2) is 274 Å². The summed E-state index contributed by atoms with van der Waals surface area (Å²) in [6, 6.07) is 0. The number of allylic oxidation sites excluding steroid dienone is 2. The average molecular weight is 1330 g/mol. The van der Waals surface area contributed by atoms with Crippen LogP contribution in [0, 0.1) is 45.3 Å². The maximum absolute atomic E-state index is 14.8. The van der Waals surface area contributed by atoms with E-state index in [0.717, 1.165) is 5.57 Å². The molecule has 522 valence electrons. The number of hydrogen-bond donors (Lipinski definition) is 12. The summed E-state index contributed by atoms with van der Waals surface area (Å²) < 4.78 is 119. The van der Waals surface area contributed by atoms with Gasteiger partial charge in [-0.3, -0.25) is 14.1 Å². The van der Waals surface area contributed by atoms with Crippen molar-refractivity contribution in [2.24, 2.45) is 45.3 Å². The maximum Gasteiger partial charge on any atom is 0.397 e. The fourth-order valence-electron chi connectivity index (χ4n) is 17.9. The Morgan fingerprint density at radius 2 is 1.31 bits per heavy atom. The van der Waals surface area contributed by atoms with Crippen molar-refractivity contribution >= 4 is 22.3 Å². The van der Waals surface area contributed by atoms with Crippen LogP contribution in [0.15, 0.2) is 11.6 Å². The van der Waals surface area contributed by atoms with E-state index < -0.39 is 230 Å². The summed E-state index contributed by atoms with van der Waals surface area (Å²) in [5.41, 5.74) is -3.06. The third kappa shape index (κ3) is 13.0. The van der Waals surface area contributed by atoms with E-state index in [2.05, 4.69) is 19.9 Å². The van der Waals surface area contributed by atoms with Crippen LogP contribution in [0.2, 0.25) is 0 Å². The number of cyclic esters (lactones) is 1. The van der Waals surface area contributed by atoms with Gasteiger partial charge in [0.1, 0.15) is 109 Å². The van der Waals surface area contributed by atoms with Gasteiger partial charge in [0.15, 0.2) is 31.5 Å². The number of ether oxygens (including phenoxy) is 13. The van der Waals surface area contributed by atoms with Gasteiger partial charge in [0, 0.05) is 25.9 Å². The van der Waals surface area contributed by atoms with Crippen LogP contribution in [0.5, 0.6) is 0 Å². The molecule has 30 nitrogen and oxygen atoms in total. The lowest BCUT2D eigenvalue weighted by molar-refractivity contribution is -0.398. The van der Waals surface area contributed by atoms with Crippen LogP contribution in [0.25, 0.3) is 0 Å². The number of aliphatic hydroxyl groups excluding tert-OH is 11. The molecule has 12 N–H and O–H groups in total. The molecule has 0 bridgehead atoms. The lowest BCUT2D eigenvalue weighted by Crippen LogP contribution is -2.67. The topological polar surface area (TPSA) is 440 Å². The summed E-state index contributed by atoms with van der Waals surface area (Å²) in [6.07, 6.45) is -34.7.